The highest BCUT2D eigenvalue weighted by molar-refractivity contribution is 6.64. The lowest BCUT2D eigenvalue weighted by atomic mass is 10.9. The second-order valence-electron chi connectivity index (χ2n) is 4.53. The molecule has 0 radical (unpaired) electrons. The quantitative estimate of drug-likeness (QED) is 0.642. The SMILES string of the molecule is CCO[Si](C)(C)OCC.CCO[Si](C)(C)OCC. The molecule has 0 bridgehead atoms. The van der Waals surface area contributed by atoms with Crippen molar-refractivity contribution >= 4 is 17.1 Å². The van der Waals surface area contributed by atoms with Crippen LogP contribution >= 0.6 is 0 Å². The Hall–Kier alpha value is 0.274. The van der Waals surface area contributed by atoms with Gasteiger partial charge in [0.25, 0.3) is 0 Å². The van der Waals surface area contributed by atoms with Crippen molar-refractivity contribution in [2.75, 3.05) is 26.4 Å². The van der Waals surface area contributed by atoms with Gasteiger partial charge >= 0.3 is 17.1 Å². The van der Waals surface area contributed by atoms with E-state index in [0.717, 1.165) is 26.4 Å². The van der Waals surface area contributed by atoms with E-state index in [1.54, 1.807) is 0 Å². The fourth-order valence-corrected chi connectivity index (χ4v) is 4.42. The zero-order valence-electron chi connectivity index (χ0n) is 13.5. The van der Waals surface area contributed by atoms with Crippen LogP contribution in [-0.2, 0) is 17.7 Å². The van der Waals surface area contributed by atoms with Gasteiger partial charge in [-0.1, -0.05) is 0 Å². The topological polar surface area (TPSA) is 36.9 Å². The molecule has 0 aliphatic heterocycles. The summed E-state index contributed by atoms with van der Waals surface area (Å²) < 4.78 is 21.5. The van der Waals surface area contributed by atoms with Gasteiger partial charge in [0.1, 0.15) is 0 Å². The highest BCUT2D eigenvalue weighted by Gasteiger charge is 2.22. The molecule has 4 nitrogen and oxygen atoms in total. The Labute approximate surface area is 115 Å². The lowest BCUT2D eigenvalue weighted by Crippen LogP contribution is -2.34. The van der Waals surface area contributed by atoms with Gasteiger partial charge in [-0.3, -0.25) is 0 Å². The van der Waals surface area contributed by atoms with Gasteiger partial charge in [-0.05, 0) is 53.9 Å². The Morgan fingerprint density at radius 3 is 0.778 bits per heavy atom. The van der Waals surface area contributed by atoms with Gasteiger partial charge in [0.15, 0.2) is 0 Å². The maximum absolute atomic E-state index is 5.39. The van der Waals surface area contributed by atoms with E-state index in [0.29, 0.717) is 0 Å². The second kappa shape index (κ2) is 11.1. The fourth-order valence-electron chi connectivity index (χ4n) is 1.47. The average Bonchev–Trinajstić information content (AvgIpc) is 2.17. The standard InChI is InChI=1S/2C6H16O2Si/c2*1-5-7-9(3,4)8-6-2/h2*5-6H2,1-4H3. The Kier molecular flexibility index (Phi) is 12.7. The van der Waals surface area contributed by atoms with Gasteiger partial charge in [0.05, 0.1) is 0 Å². The molecule has 6 heteroatoms. The first-order valence-corrected chi connectivity index (χ1v) is 12.4. The minimum Gasteiger partial charge on any atom is -0.395 e. The molecular formula is C12H32O4Si2. The van der Waals surface area contributed by atoms with Gasteiger partial charge in [0, 0.05) is 26.4 Å². The van der Waals surface area contributed by atoms with E-state index in [2.05, 4.69) is 26.2 Å². The van der Waals surface area contributed by atoms with E-state index >= 15 is 0 Å². The molecular weight excluding hydrogens is 264 g/mol. The molecule has 0 saturated carbocycles. The van der Waals surface area contributed by atoms with Crippen LogP contribution in [0, 0.1) is 0 Å². The first kappa shape index (κ1) is 20.6. The summed E-state index contributed by atoms with van der Waals surface area (Å²) in [5, 5.41) is 0. The zero-order valence-corrected chi connectivity index (χ0v) is 15.5. The van der Waals surface area contributed by atoms with Gasteiger partial charge in [-0.25, -0.2) is 0 Å². The van der Waals surface area contributed by atoms with Crippen LogP contribution in [0.25, 0.3) is 0 Å². The van der Waals surface area contributed by atoms with Crippen molar-refractivity contribution in [2.45, 2.75) is 53.9 Å². The molecule has 0 spiro atoms. The van der Waals surface area contributed by atoms with E-state index in [1.165, 1.54) is 0 Å². The molecule has 0 amide bonds. The number of rotatable bonds is 8. The Morgan fingerprint density at radius 1 is 0.500 bits per heavy atom. The van der Waals surface area contributed by atoms with Crippen molar-refractivity contribution in [2.24, 2.45) is 0 Å². The third-order valence-electron chi connectivity index (χ3n) is 1.97. The lowest BCUT2D eigenvalue weighted by Gasteiger charge is -2.20. The van der Waals surface area contributed by atoms with Crippen LogP contribution in [0.15, 0.2) is 0 Å². The minimum absolute atomic E-state index is 0.763. The maximum atomic E-state index is 5.39. The molecule has 0 heterocycles. The molecule has 0 aromatic rings. The third-order valence-corrected chi connectivity index (χ3v) is 5.90. The summed E-state index contributed by atoms with van der Waals surface area (Å²) in [7, 11) is -3.41. The summed E-state index contributed by atoms with van der Waals surface area (Å²) in [5.74, 6) is 0. The molecule has 0 rings (SSSR count). The maximum Gasteiger partial charge on any atom is 0.331 e. The Morgan fingerprint density at radius 2 is 0.667 bits per heavy atom. The van der Waals surface area contributed by atoms with E-state index in [9.17, 15) is 0 Å². The van der Waals surface area contributed by atoms with Crippen LogP contribution in [0.3, 0.4) is 0 Å². The third kappa shape index (κ3) is 14.3. The highest BCUT2D eigenvalue weighted by Crippen LogP contribution is 2.05. The van der Waals surface area contributed by atoms with Crippen LogP contribution < -0.4 is 0 Å². The van der Waals surface area contributed by atoms with Crippen LogP contribution in [-0.4, -0.2) is 43.5 Å². The first-order chi connectivity index (χ1) is 8.24. The predicted molar refractivity (Wildman–Crippen MR) is 81.5 cm³/mol. The normalized spacial score (nSPS) is 12.0. The molecule has 0 N–H and O–H groups in total. The summed E-state index contributed by atoms with van der Waals surface area (Å²) in [6.07, 6.45) is 0. The molecule has 112 valence electrons. The van der Waals surface area contributed by atoms with Crippen molar-refractivity contribution in [3.05, 3.63) is 0 Å². The smallest absolute Gasteiger partial charge is 0.331 e. The zero-order chi connectivity index (χ0) is 14.7. The van der Waals surface area contributed by atoms with Crippen LogP contribution in [0.1, 0.15) is 27.7 Å². The molecule has 0 saturated heterocycles. The Bertz CT molecular complexity index is 151. The molecule has 0 aromatic carbocycles. The molecule has 0 aromatic heterocycles. The Balaban J connectivity index is 0. The van der Waals surface area contributed by atoms with Gasteiger partial charge in [0.2, 0.25) is 0 Å². The molecule has 18 heavy (non-hydrogen) atoms. The van der Waals surface area contributed by atoms with Crippen molar-refractivity contribution < 1.29 is 17.7 Å². The minimum atomic E-state index is -1.70. The molecule has 0 atom stereocenters. The van der Waals surface area contributed by atoms with Crippen molar-refractivity contribution in [1.82, 2.24) is 0 Å². The van der Waals surface area contributed by atoms with Crippen molar-refractivity contribution in [3.8, 4) is 0 Å². The molecule has 0 fully saturated rings. The summed E-state index contributed by atoms with van der Waals surface area (Å²) in [6.45, 7) is 19.2. The van der Waals surface area contributed by atoms with Gasteiger partial charge in [-0.2, -0.15) is 0 Å². The average molecular weight is 297 g/mol. The van der Waals surface area contributed by atoms with Crippen LogP contribution in [0.4, 0.5) is 0 Å². The molecule has 0 aliphatic rings. The summed E-state index contributed by atoms with van der Waals surface area (Å²) >= 11 is 0. The molecule has 0 aliphatic carbocycles. The number of hydrogen-bond donors (Lipinski definition) is 0. The molecule has 0 unspecified atom stereocenters. The summed E-state index contributed by atoms with van der Waals surface area (Å²) in [4.78, 5) is 0. The predicted octanol–water partition coefficient (Wildman–Crippen LogP) is 3.52. The van der Waals surface area contributed by atoms with E-state index in [1.807, 2.05) is 27.7 Å². The second-order valence-corrected chi connectivity index (χ2v) is 11.3. The van der Waals surface area contributed by atoms with E-state index in [-0.39, 0.29) is 0 Å². The monoisotopic (exact) mass is 296 g/mol. The summed E-state index contributed by atoms with van der Waals surface area (Å²) in [5.41, 5.74) is 0. The highest BCUT2D eigenvalue weighted by atomic mass is 28.4. The van der Waals surface area contributed by atoms with Gasteiger partial charge in [-0.15, -0.1) is 0 Å². The summed E-state index contributed by atoms with van der Waals surface area (Å²) in [6, 6.07) is 0. The van der Waals surface area contributed by atoms with Crippen molar-refractivity contribution in [1.29, 1.82) is 0 Å². The van der Waals surface area contributed by atoms with Crippen molar-refractivity contribution in [3.63, 3.8) is 0 Å². The van der Waals surface area contributed by atoms with Crippen LogP contribution in [0.5, 0.6) is 0 Å². The van der Waals surface area contributed by atoms with Crippen LogP contribution in [0.2, 0.25) is 26.2 Å². The van der Waals surface area contributed by atoms with E-state index in [4.69, 9.17) is 17.7 Å². The fraction of sp³-hybridized carbons (Fsp3) is 1.00. The van der Waals surface area contributed by atoms with E-state index < -0.39 is 17.1 Å². The lowest BCUT2D eigenvalue weighted by molar-refractivity contribution is 0.195. The largest absolute Gasteiger partial charge is 0.395 e. The number of hydrogen-bond acceptors (Lipinski definition) is 4. The van der Waals surface area contributed by atoms with Gasteiger partial charge < -0.3 is 17.7 Å². The first-order valence-electron chi connectivity index (χ1n) is 6.80.